The number of nitrogens with one attached hydrogen (secondary N) is 2. The van der Waals surface area contributed by atoms with Crippen LogP contribution in [0.3, 0.4) is 0 Å². The van der Waals surface area contributed by atoms with Gasteiger partial charge in [-0.3, -0.25) is 9.69 Å². The van der Waals surface area contributed by atoms with Crippen molar-refractivity contribution in [1.29, 1.82) is 0 Å². The Morgan fingerprint density at radius 1 is 1.16 bits per heavy atom. The minimum atomic E-state index is 0.0296. The number of ether oxygens (including phenoxy) is 1. The molecule has 0 spiro atoms. The van der Waals surface area contributed by atoms with Crippen molar-refractivity contribution in [3.63, 3.8) is 0 Å². The summed E-state index contributed by atoms with van der Waals surface area (Å²) >= 11 is 0. The number of likely N-dealkylation sites (tertiary alicyclic amines) is 1. The predicted octanol–water partition coefficient (Wildman–Crippen LogP) is 5.06. The average Bonchev–Trinajstić information content (AvgIpc) is 3.61. The Hall–Kier alpha value is -2.37. The summed E-state index contributed by atoms with van der Waals surface area (Å²) in [6.07, 6.45) is 3.77. The number of fused-ring (bicyclic) bond motifs is 4. The summed E-state index contributed by atoms with van der Waals surface area (Å²) in [5, 5.41) is 7.02. The van der Waals surface area contributed by atoms with Crippen molar-refractivity contribution in [1.82, 2.24) is 4.90 Å². The van der Waals surface area contributed by atoms with Crippen molar-refractivity contribution in [2.75, 3.05) is 44.0 Å². The molecule has 2 bridgehead atoms. The molecule has 5 heteroatoms. The molecule has 2 N–H and O–H groups in total. The van der Waals surface area contributed by atoms with Gasteiger partial charge in [0.25, 0.3) is 0 Å². The lowest BCUT2D eigenvalue weighted by Gasteiger charge is -2.53. The largest absolute Gasteiger partial charge is 0.383 e. The Morgan fingerprint density at radius 2 is 1.94 bits per heavy atom. The number of Topliss-reactive ketones (excluding diaryl/α,β-unsaturated/α-hetero) is 1. The van der Waals surface area contributed by atoms with Crippen LogP contribution in [0.15, 0.2) is 42.5 Å². The number of methoxy groups -OCH3 is 1. The zero-order chi connectivity index (χ0) is 22.3. The number of carbonyl (C=O) groups excluding carboxylic acids is 1. The summed E-state index contributed by atoms with van der Waals surface area (Å²) in [6, 6.07) is 14.6. The summed E-state index contributed by atoms with van der Waals surface area (Å²) in [7, 11) is 1.71. The van der Waals surface area contributed by atoms with E-state index in [0.29, 0.717) is 18.3 Å². The Labute approximate surface area is 191 Å². The maximum absolute atomic E-state index is 13.6. The van der Waals surface area contributed by atoms with Gasteiger partial charge in [-0.1, -0.05) is 26.0 Å². The fourth-order valence-electron chi connectivity index (χ4n) is 5.68. The van der Waals surface area contributed by atoms with Crippen LogP contribution < -0.4 is 10.6 Å². The molecule has 2 fully saturated rings. The molecule has 2 aliphatic carbocycles. The van der Waals surface area contributed by atoms with Crippen LogP contribution in [0.2, 0.25) is 0 Å². The second kappa shape index (κ2) is 8.53. The van der Waals surface area contributed by atoms with Gasteiger partial charge < -0.3 is 15.4 Å². The van der Waals surface area contributed by atoms with Crippen molar-refractivity contribution in [2.24, 2.45) is 11.8 Å². The quantitative estimate of drug-likeness (QED) is 0.570. The number of piperidine rings is 1. The van der Waals surface area contributed by atoms with Crippen LogP contribution in [0.25, 0.3) is 0 Å². The Balaban J connectivity index is 1.43. The second-order valence-electron chi connectivity index (χ2n) is 10.1. The lowest BCUT2D eigenvalue weighted by molar-refractivity contribution is 0.0266. The number of nitrogens with zero attached hydrogens (tertiary/aromatic N) is 1. The SMILES string of the molecule is COCCNc1ccccc1Nc1ccc2c(c1)[C@]1(C)CCN(CC3CC3)C(C2=O)[C@@H]1C. The summed E-state index contributed by atoms with van der Waals surface area (Å²) in [6.45, 7) is 8.19. The van der Waals surface area contributed by atoms with E-state index in [1.165, 1.54) is 18.4 Å². The maximum atomic E-state index is 13.6. The van der Waals surface area contributed by atoms with Gasteiger partial charge in [-0.15, -0.1) is 0 Å². The molecule has 1 saturated carbocycles. The Bertz CT molecular complexity index is 1000. The highest BCUT2D eigenvalue weighted by Crippen LogP contribution is 2.50. The fraction of sp³-hybridized carbons (Fsp3) is 0.519. The molecule has 0 radical (unpaired) electrons. The summed E-state index contributed by atoms with van der Waals surface area (Å²) < 4.78 is 5.17. The molecule has 5 rings (SSSR count). The number of ketones is 1. The van der Waals surface area contributed by atoms with Gasteiger partial charge in [0.1, 0.15) is 0 Å². The van der Waals surface area contributed by atoms with E-state index in [0.717, 1.165) is 54.6 Å². The van der Waals surface area contributed by atoms with Crippen LogP contribution in [0.5, 0.6) is 0 Å². The van der Waals surface area contributed by atoms with Crippen molar-refractivity contribution < 1.29 is 9.53 Å². The monoisotopic (exact) mass is 433 g/mol. The number of carbonyl (C=O) groups is 1. The molecule has 2 aromatic carbocycles. The molecule has 32 heavy (non-hydrogen) atoms. The zero-order valence-electron chi connectivity index (χ0n) is 19.5. The highest BCUT2D eigenvalue weighted by molar-refractivity contribution is 6.04. The minimum Gasteiger partial charge on any atom is -0.383 e. The topological polar surface area (TPSA) is 53.6 Å². The highest BCUT2D eigenvalue weighted by atomic mass is 16.5. The molecule has 2 aromatic rings. The molecule has 3 aliphatic rings. The normalized spacial score (nSPS) is 27.2. The zero-order valence-corrected chi connectivity index (χ0v) is 19.5. The van der Waals surface area contributed by atoms with Crippen molar-refractivity contribution >= 4 is 22.8 Å². The molecule has 1 unspecified atom stereocenters. The van der Waals surface area contributed by atoms with Crippen LogP contribution in [-0.2, 0) is 10.2 Å². The van der Waals surface area contributed by atoms with Gasteiger partial charge in [0.15, 0.2) is 5.78 Å². The lowest BCUT2D eigenvalue weighted by atomic mass is 9.58. The average molecular weight is 434 g/mol. The molecular formula is C27H35N3O2. The molecule has 1 aliphatic heterocycles. The van der Waals surface area contributed by atoms with E-state index < -0.39 is 0 Å². The Morgan fingerprint density at radius 3 is 2.69 bits per heavy atom. The molecule has 0 amide bonds. The van der Waals surface area contributed by atoms with Gasteiger partial charge in [0.05, 0.1) is 24.0 Å². The van der Waals surface area contributed by atoms with E-state index in [-0.39, 0.29) is 11.5 Å². The molecule has 3 atom stereocenters. The number of para-hydroxylation sites is 2. The van der Waals surface area contributed by atoms with E-state index in [9.17, 15) is 4.79 Å². The van der Waals surface area contributed by atoms with Gasteiger partial charge in [-0.25, -0.2) is 0 Å². The van der Waals surface area contributed by atoms with E-state index in [1.807, 2.05) is 12.1 Å². The molecule has 1 saturated heterocycles. The van der Waals surface area contributed by atoms with Crippen LogP contribution in [0, 0.1) is 11.8 Å². The first kappa shape index (κ1) is 21.5. The number of rotatable bonds is 8. The van der Waals surface area contributed by atoms with Crippen LogP contribution >= 0.6 is 0 Å². The van der Waals surface area contributed by atoms with E-state index >= 15 is 0 Å². The number of anilines is 3. The first-order chi connectivity index (χ1) is 15.5. The molecule has 5 nitrogen and oxygen atoms in total. The highest BCUT2D eigenvalue weighted by Gasteiger charge is 2.52. The third-order valence-electron chi connectivity index (χ3n) is 7.98. The van der Waals surface area contributed by atoms with Crippen LogP contribution in [0.4, 0.5) is 17.1 Å². The summed E-state index contributed by atoms with van der Waals surface area (Å²) in [5.41, 5.74) is 5.28. The predicted molar refractivity (Wildman–Crippen MR) is 130 cm³/mol. The van der Waals surface area contributed by atoms with Gasteiger partial charge in [-0.05, 0) is 79.0 Å². The minimum absolute atomic E-state index is 0.0296. The van der Waals surface area contributed by atoms with Gasteiger partial charge in [0, 0.05) is 31.5 Å². The number of hydrogen-bond acceptors (Lipinski definition) is 5. The maximum Gasteiger partial charge on any atom is 0.180 e. The van der Waals surface area contributed by atoms with E-state index in [2.05, 4.69) is 59.7 Å². The second-order valence-corrected chi connectivity index (χ2v) is 10.1. The Kier molecular flexibility index (Phi) is 5.72. The van der Waals surface area contributed by atoms with Gasteiger partial charge >= 0.3 is 0 Å². The number of benzene rings is 2. The van der Waals surface area contributed by atoms with Crippen LogP contribution in [-0.4, -0.2) is 50.1 Å². The first-order valence-electron chi connectivity index (χ1n) is 12.0. The van der Waals surface area contributed by atoms with Gasteiger partial charge in [0.2, 0.25) is 0 Å². The van der Waals surface area contributed by atoms with E-state index in [4.69, 9.17) is 4.74 Å². The standard InChI is InChI=1S/C27H35N3O2/c1-18-25-26(31)21-11-10-20(29-24-7-5-4-6-23(24)28-13-15-32-3)16-22(21)27(18,2)12-14-30(25)17-19-8-9-19/h4-7,10-11,16,18-19,25,28-29H,8-9,12-15,17H2,1-3H3/t18-,25?,27+/m0/s1. The lowest BCUT2D eigenvalue weighted by Crippen LogP contribution is -2.61. The third kappa shape index (κ3) is 3.82. The fourth-order valence-corrected chi connectivity index (χ4v) is 5.68. The van der Waals surface area contributed by atoms with Crippen molar-refractivity contribution in [3.05, 3.63) is 53.6 Å². The van der Waals surface area contributed by atoms with Gasteiger partial charge in [-0.2, -0.15) is 0 Å². The van der Waals surface area contributed by atoms with Crippen molar-refractivity contribution in [3.8, 4) is 0 Å². The molecule has 0 aromatic heterocycles. The smallest absolute Gasteiger partial charge is 0.180 e. The molecular weight excluding hydrogens is 398 g/mol. The molecule has 170 valence electrons. The number of hydrogen-bond donors (Lipinski definition) is 2. The van der Waals surface area contributed by atoms with Crippen molar-refractivity contribution in [2.45, 2.75) is 44.6 Å². The third-order valence-corrected chi connectivity index (χ3v) is 7.98. The summed E-state index contributed by atoms with van der Waals surface area (Å²) in [5.74, 6) is 1.46. The molecule has 1 heterocycles. The first-order valence-corrected chi connectivity index (χ1v) is 12.0. The summed E-state index contributed by atoms with van der Waals surface area (Å²) in [4.78, 5) is 16.1. The van der Waals surface area contributed by atoms with E-state index in [1.54, 1.807) is 7.11 Å². The van der Waals surface area contributed by atoms with Crippen LogP contribution in [0.1, 0.15) is 49.0 Å².